The van der Waals surface area contributed by atoms with E-state index in [1.165, 1.54) is 51.7 Å². The average Bonchev–Trinajstić information content (AvgIpc) is 2.42. The van der Waals surface area contributed by atoms with Crippen LogP contribution < -0.4 is 5.32 Å². The van der Waals surface area contributed by atoms with Crippen molar-refractivity contribution < 1.29 is 4.74 Å². The van der Waals surface area contributed by atoms with E-state index in [-0.39, 0.29) is 0 Å². The van der Waals surface area contributed by atoms with Crippen LogP contribution in [0.15, 0.2) is 0 Å². The van der Waals surface area contributed by atoms with Crippen molar-refractivity contribution in [3.63, 3.8) is 0 Å². The number of likely N-dealkylation sites (tertiary alicyclic amines) is 1. The third kappa shape index (κ3) is 4.22. The Morgan fingerprint density at radius 2 is 1.89 bits per heavy atom. The molecule has 0 radical (unpaired) electrons. The van der Waals surface area contributed by atoms with Crippen molar-refractivity contribution in [2.24, 2.45) is 5.41 Å². The van der Waals surface area contributed by atoms with Gasteiger partial charge in [-0.3, -0.25) is 0 Å². The second-order valence-corrected chi connectivity index (χ2v) is 6.35. The molecule has 0 unspecified atom stereocenters. The minimum Gasteiger partial charge on any atom is -0.381 e. The summed E-state index contributed by atoms with van der Waals surface area (Å²) >= 11 is 0. The molecule has 0 amide bonds. The number of nitrogens with zero attached hydrogens (tertiary/aromatic N) is 1. The van der Waals surface area contributed by atoms with Crippen molar-refractivity contribution in [2.75, 3.05) is 39.4 Å². The lowest BCUT2D eigenvalue weighted by atomic mass is 9.78. The molecule has 0 atom stereocenters. The molecule has 3 heteroatoms. The van der Waals surface area contributed by atoms with E-state index < -0.39 is 0 Å². The van der Waals surface area contributed by atoms with Gasteiger partial charge in [-0.2, -0.15) is 0 Å². The number of hydrogen-bond acceptors (Lipinski definition) is 3. The van der Waals surface area contributed by atoms with Gasteiger partial charge in [0, 0.05) is 32.3 Å². The van der Waals surface area contributed by atoms with Crippen molar-refractivity contribution in [1.82, 2.24) is 10.2 Å². The molecule has 2 aliphatic rings. The molecule has 18 heavy (non-hydrogen) atoms. The normalized spacial score (nSPS) is 26.3. The minimum atomic E-state index is 0.616. The van der Waals surface area contributed by atoms with E-state index in [0.717, 1.165) is 19.8 Å². The van der Waals surface area contributed by atoms with Gasteiger partial charge in [0.25, 0.3) is 0 Å². The Morgan fingerprint density at radius 1 is 1.22 bits per heavy atom. The SMILES string of the molecule is CCC1(C)CCN(CCNC2CCOCC2)CC1. The highest BCUT2D eigenvalue weighted by molar-refractivity contribution is 4.81. The third-order valence-electron chi connectivity index (χ3n) is 5.00. The van der Waals surface area contributed by atoms with Crippen LogP contribution >= 0.6 is 0 Å². The fourth-order valence-corrected chi connectivity index (χ4v) is 3.00. The zero-order chi connectivity index (χ0) is 12.8. The highest BCUT2D eigenvalue weighted by atomic mass is 16.5. The fraction of sp³-hybridized carbons (Fsp3) is 1.00. The van der Waals surface area contributed by atoms with E-state index in [9.17, 15) is 0 Å². The van der Waals surface area contributed by atoms with Crippen LogP contribution in [-0.2, 0) is 4.74 Å². The first-order valence-corrected chi connectivity index (χ1v) is 7.75. The zero-order valence-corrected chi connectivity index (χ0v) is 12.2. The van der Waals surface area contributed by atoms with Crippen LogP contribution in [0.1, 0.15) is 46.0 Å². The van der Waals surface area contributed by atoms with Crippen LogP contribution in [0.3, 0.4) is 0 Å². The van der Waals surface area contributed by atoms with Gasteiger partial charge in [0.05, 0.1) is 0 Å². The minimum absolute atomic E-state index is 0.616. The Balaban J connectivity index is 1.57. The maximum absolute atomic E-state index is 5.38. The molecular weight excluding hydrogens is 224 g/mol. The second-order valence-electron chi connectivity index (χ2n) is 6.35. The molecule has 0 aromatic carbocycles. The molecule has 0 spiro atoms. The van der Waals surface area contributed by atoms with Crippen molar-refractivity contribution >= 4 is 0 Å². The highest BCUT2D eigenvalue weighted by Gasteiger charge is 2.27. The summed E-state index contributed by atoms with van der Waals surface area (Å²) in [5, 5.41) is 3.68. The Morgan fingerprint density at radius 3 is 2.50 bits per heavy atom. The number of ether oxygens (including phenoxy) is 1. The molecule has 0 aliphatic carbocycles. The van der Waals surface area contributed by atoms with Gasteiger partial charge in [-0.1, -0.05) is 20.3 Å². The zero-order valence-electron chi connectivity index (χ0n) is 12.2. The van der Waals surface area contributed by atoms with Gasteiger partial charge in [-0.15, -0.1) is 0 Å². The van der Waals surface area contributed by atoms with E-state index in [0.29, 0.717) is 11.5 Å². The molecule has 0 aromatic heterocycles. The summed E-state index contributed by atoms with van der Waals surface area (Å²) in [7, 11) is 0. The summed E-state index contributed by atoms with van der Waals surface area (Å²) in [5.41, 5.74) is 0.616. The Bertz CT molecular complexity index is 231. The molecule has 1 N–H and O–H groups in total. The molecule has 2 aliphatic heterocycles. The number of nitrogens with one attached hydrogen (secondary N) is 1. The fourth-order valence-electron chi connectivity index (χ4n) is 3.00. The lowest BCUT2D eigenvalue weighted by Gasteiger charge is -2.39. The molecule has 3 nitrogen and oxygen atoms in total. The van der Waals surface area contributed by atoms with Gasteiger partial charge < -0.3 is 15.0 Å². The van der Waals surface area contributed by atoms with E-state index in [2.05, 4.69) is 24.1 Å². The van der Waals surface area contributed by atoms with E-state index >= 15 is 0 Å². The quantitative estimate of drug-likeness (QED) is 0.814. The molecule has 2 heterocycles. The van der Waals surface area contributed by atoms with Crippen LogP contribution in [0.5, 0.6) is 0 Å². The predicted octanol–water partition coefficient (Wildman–Crippen LogP) is 2.27. The maximum Gasteiger partial charge on any atom is 0.0480 e. The predicted molar refractivity (Wildman–Crippen MR) is 75.9 cm³/mol. The first-order valence-electron chi connectivity index (χ1n) is 7.75. The van der Waals surface area contributed by atoms with E-state index in [1.807, 2.05) is 0 Å². The van der Waals surface area contributed by atoms with Gasteiger partial charge in [0.1, 0.15) is 0 Å². The average molecular weight is 254 g/mol. The largest absolute Gasteiger partial charge is 0.381 e. The van der Waals surface area contributed by atoms with Crippen LogP contribution in [-0.4, -0.2) is 50.3 Å². The van der Waals surface area contributed by atoms with Crippen molar-refractivity contribution in [1.29, 1.82) is 0 Å². The topological polar surface area (TPSA) is 24.5 Å². The van der Waals surface area contributed by atoms with Crippen molar-refractivity contribution in [3.8, 4) is 0 Å². The third-order valence-corrected chi connectivity index (χ3v) is 5.00. The molecular formula is C15H30N2O. The first-order chi connectivity index (χ1) is 8.72. The highest BCUT2D eigenvalue weighted by Crippen LogP contribution is 2.33. The van der Waals surface area contributed by atoms with E-state index in [4.69, 9.17) is 4.74 Å². The lowest BCUT2D eigenvalue weighted by molar-refractivity contribution is 0.0749. The molecule has 2 fully saturated rings. The molecule has 0 bridgehead atoms. The van der Waals surface area contributed by atoms with Gasteiger partial charge in [-0.05, 0) is 44.2 Å². The van der Waals surface area contributed by atoms with Crippen molar-refractivity contribution in [3.05, 3.63) is 0 Å². The summed E-state index contributed by atoms with van der Waals surface area (Å²) in [5.74, 6) is 0. The summed E-state index contributed by atoms with van der Waals surface area (Å²) < 4.78 is 5.38. The van der Waals surface area contributed by atoms with Crippen LogP contribution in [0.4, 0.5) is 0 Å². The second kappa shape index (κ2) is 6.88. The molecule has 2 saturated heterocycles. The lowest BCUT2D eigenvalue weighted by Crippen LogP contribution is -2.44. The molecule has 106 valence electrons. The smallest absolute Gasteiger partial charge is 0.0480 e. The number of rotatable bonds is 5. The molecule has 0 saturated carbocycles. The molecule has 2 rings (SSSR count). The standard InChI is InChI=1S/C15H30N2O/c1-3-15(2)6-9-17(10-7-15)11-8-16-14-4-12-18-13-5-14/h14,16H,3-13H2,1-2H3. The van der Waals surface area contributed by atoms with Gasteiger partial charge in [0.15, 0.2) is 0 Å². The van der Waals surface area contributed by atoms with E-state index in [1.54, 1.807) is 0 Å². The number of hydrogen-bond donors (Lipinski definition) is 1. The maximum atomic E-state index is 5.38. The monoisotopic (exact) mass is 254 g/mol. The van der Waals surface area contributed by atoms with Gasteiger partial charge in [0.2, 0.25) is 0 Å². The van der Waals surface area contributed by atoms with Crippen LogP contribution in [0.25, 0.3) is 0 Å². The first kappa shape index (κ1) is 14.3. The Hall–Kier alpha value is -0.120. The summed E-state index contributed by atoms with van der Waals surface area (Å²) in [6.45, 7) is 11.6. The Labute approximate surface area is 112 Å². The van der Waals surface area contributed by atoms with Gasteiger partial charge >= 0.3 is 0 Å². The molecule has 0 aromatic rings. The Kier molecular flexibility index (Phi) is 5.46. The summed E-state index contributed by atoms with van der Waals surface area (Å²) in [4.78, 5) is 2.63. The van der Waals surface area contributed by atoms with Crippen LogP contribution in [0.2, 0.25) is 0 Å². The number of piperidine rings is 1. The van der Waals surface area contributed by atoms with Crippen molar-refractivity contribution in [2.45, 2.75) is 52.0 Å². The van der Waals surface area contributed by atoms with Crippen LogP contribution in [0, 0.1) is 5.41 Å². The van der Waals surface area contributed by atoms with Gasteiger partial charge in [-0.25, -0.2) is 0 Å². The summed E-state index contributed by atoms with van der Waals surface area (Å²) in [6, 6.07) is 0.699. The summed E-state index contributed by atoms with van der Waals surface area (Å²) in [6.07, 6.45) is 6.46.